The first-order valence-corrected chi connectivity index (χ1v) is 6.37. The molecule has 0 heterocycles. The van der Waals surface area contributed by atoms with Crippen LogP contribution >= 0.6 is 12.2 Å². The first-order chi connectivity index (χ1) is 9.02. The van der Waals surface area contributed by atoms with Crippen LogP contribution in [0.2, 0.25) is 0 Å². The van der Waals surface area contributed by atoms with Crippen LogP contribution in [0.3, 0.4) is 0 Å². The molecule has 1 aliphatic rings. The van der Waals surface area contributed by atoms with Crippen LogP contribution < -0.4 is 15.8 Å². The highest BCUT2D eigenvalue weighted by Gasteiger charge is 2.34. The highest BCUT2D eigenvalue weighted by atomic mass is 32.1. The molecule has 1 amide bonds. The van der Waals surface area contributed by atoms with Crippen molar-refractivity contribution in [1.29, 1.82) is 0 Å². The summed E-state index contributed by atoms with van der Waals surface area (Å²) < 4.78 is 18.6. The number of ether oxygens (including phenoxy) is 1. The number of methoxy groups -OCH3 is 1. The van der Waals surface area contributed by atoms with Crippen LogP contribution in [-0.4, -0.2) is 24.0 Å². The standard InChI is InChI=1S/C13H15FN2O2S/c1-18-8-4-5-9(10(14)6-8)13(17)16-11(12(15)19)7-2-3-7/h4-7,11H,2-3H2,1H3,(H2,15,19)(H,16,17). The quantitative estimate of drug-likeness (QED) is 0.806. The molecule has 4 nitrogen and oxygen atoms in total. The lowest BCUT2D eigenvalue weighted by molar-refractivity contribution is 0.0939. The molecule has 6 heteroatoms. The molecule has 0 spiro atoms. The summed E-state index contributed by atoms with van der Waals surface area (Å²) in [5.74, 6) is -0.496. The number of rotatable bonds is 5. The minimum Gasteiger partial charge on any atom is -0.497 e. The lowest BCUT2D eigenvalue weighted by atomic mass is 10.1. The Bertz CT molecular complexity index is 517. The molecule has 0 bridgehead atoms. The maximum atomic E-state index is 13.8. The fraction of sp³-hybridized carbons (Fsp3) is 0.385. The second-order valence-corrected chi connectivity index (χ2v) is 5.01. The van der Waals surface area contributed by atoms with Crippen molar-refractivity contribution in [1.82, 2.24) is 5.32 Å². The Morgan fingerprint density at radius 3 is 2.74 bits per heavy atom. The minimum absolute atomic E-state index is 0.0392. The second kappa shape index (κ2) is 5.52. The number of hydrogen-bond acceptors (Lipinski definition) is 3. The van der Waals surface area contributed by atoms with E-state index in [1.807, 2.05) is 0 Å². The summed E-state index contributed by atoms with van der Waals surface area (Å²) in [4.78, 5) is 12.2. The number of halogens is 1. The molecule has 1 aromatic rings. The Kier molecular flexibility index (Phi) is 3.99. The van der Waals surface area contributed by atoms with E-state index in [2.05, 4.69) is 5.32 Å². The van der Waals surface area contributed by atoms with Gasteiger partial charge in [-0.1, -0.05) is 12.2 Å². The molecule has 1 atom stereocenters. The van der Waals surface area contributed by atoms with E-state index < -0.39 is 11.7 Å². The normalized spacial score (nSPS) is 15.7. The third-order valence-electron chi connectivity index (χ3n) is 3.11. The van der Waals surface area contributed by atoms with Gasteiger partial charge in [0.15, 0.2) is 0 Å². The van der Waals surface area contributed by atoms with Gasteiger partial charge in [0.2, 0.25) is 0 Å². The largest absolute Gasteiger partial charge is 0.497 e. The number of benzene rings is 1. The number of nitrogens with two attached hydrogens (primary N) is 1. The molecule has 1 unspecified atom stereocenters. The summed E-state index contributed by atoms with van der Waals surface area (Å²) >= 11 is 4.92. The fourth-order valence-corrected chi connectivity index (χ4v) is 2.13. The number of carbonyl (C=O) groups excluding carboxylic acids is 1. The van der Waals surface area contributed by atoms with Crippen molar-refractivity contribution in [3.63, 3.8) is 0 Å². The smallest absolute Gasteiger partial charge is 0.254 e. The third-order valence-corrected chi connectivity index (χ3v) is 3.36. The van der Waals surface area contributed by atoms with Gasteiger partial charge in [0.1, 0.15) is 11.6 Å². The average Bonchev–Trinajstić information content (AvgIpc) is 3.19. The summed E-state index contributed by atoms with van der Waals surface area (Å²) in [7, 11) is 1.44. The predicted octanol–water partition coefficient (Wildman–Crippen LogP) is 1.63. The summed E-state index contributed by atoms with van der Waals surface area (Å²) in [5, 5.41) is 2.69. The summed E-state index contributed by atoms with van der Waals surface area (Å²) in [6.45, 7) is 0. The van der Waals surface area contributed by atoms with E-state index in [9.17, 15) is 9.18 Å². The molecule has 1 aromatic carbocycles. The molecule has 0 aliphatic heterocycles. The van der Waals surface area contributed by atoms with Crippen molar-refractivity contribution < 1.29 is 13.9 Å². The molecular formula is C13H15FN2O2S. The molecular weight excluding hydrogens is 267 g/mol. The summed E-state index contributed by atoms with van der Waals surface area (Å²) in [6, 6.07) is 3.73. The Hall–Kier alpha value is -1.69. The van der Waals surface area contributed by atoms with E-state index in [-0.39, 0.29) is 22.5 Å². The molecule has 1 saturated carbocycles. The zero-order chi connectivity index (χ0) is 14.0. The molecule has 0 radical (unpaired) electrons. The van der Waals surface area contributed by atoms with Gasteiger partial charge < -0.3 is 15.8 Å². The second-order valence-electron chi connectivity index (χ2n) is 4.54. The predicted molar refractivity (Wildman–Crippen MR) is 73.7 cm³/mol. The van der Waals surface area contributed by atoms with Gasteiger partial charge in [-0.2, -0.15) is 0 Å². The zero-order valence-electron chi connectivity index (χ0n) is 10.5. The molecule has 102 valence electrons. The van der Waals surface area contributed by atoms with Crippen molar-refractivity contribution in [2.75, 3.05) is 7.11 Å². The monoisotopic (exact) mass is 282 g/mol. The van der Waals surface area contributed by atoms with Gasteiger partial charge in [-0.05, 0) is 30.9 Å². The van der Waals surface area contributed by atoms with Crippen LogP contribution in [-0.2, 0) is 0 Å². The van der Waals surface area contributed by atoms with Crippen LogP contribution in [0.15, 0.2) is 18.2 Å². The van der Waals surface area contributed by atoms with E-state index >= 15 is 0 Å². The number of thiocarbonyl (C=S) groups is 1. The summed E-state index contributed by atoms with van der Waals surface area (Å²) in [6.07, 6.45) is 1.96. The highest BCUT2D eigenvalue weighted by Crippen LogP contribution is 2.33. The minimum atomic E-state index is -0.630. The molecule has 2 rings (SSSR count). The maximum absolute atomic E-state index is 13.8. The Morgan fingerprint density at radius 1 is 1.58 bits per heavy atom. The molecule has 0 saturated heterocycles. The summed E-state index contributed by atoms with van der Waals surface area (Å²) in [5.41, 5.74) is 5.55. The average molecular weight is 282 g/mol. The fourth-order valence-electron chi connectivity index (χ4n) is 1.88. The van der Waals surface area contributed by atoms with Gasteiger partial charge in [0.25, 0.3) is 5.91 Å². The van der Waals surface area contributed by atoms with Crippen LogP contribution in [0.1, 0.15) is 23.2 Å². The maximum Gasteiger partial charge on any atom is 0.254 e. The lowest BCUT2D eigenvalue weighted by Crippen LogP contribution is -2.45. The number of hydrogen-bond donors (Lipinski definition) is 2. The van der Waals surface area contributed by atoms with E-state index in [4.69, 9.17) is 22.7 Å². The SMILES string of the molecule is COc1ccc(C(=O)NC(C(N)=S)C2CC2)c(F)c1. The van der Waals surface area contributed by atoms with Gasteiger partial charge in [-0.15, -0.1) is 0 Å². The van der Waals surface area contributed by atoms with E-state index in [0.29, 0.717) is 5.75 Å². The van der Waals surface area contributed by atoms with Crippen molar-refractivity contribution >= 4 is 23.1 Å². The van der Waals surface area contributed by atoms with E-state index in [1.54, 1.807) is 0 Å². The van der Waals surface area contributed by atoms with E-state index in [1.165, 1.54) is 25.3 Å². The van der Waals surface area contributed by atoms with Gasteiger partial charge in [-0.3, -0.25) is 4.79 Å². The van der Waals surface area contributed by atoms with Gasteiger partial charge in [0.05, 0.1) is 23.7 Å². The van der Waals surface area contributed by atoms with Crippen LogP contribution in [0.4, 0.5) is 4.39 Å². The Balaban J connectivity index is 2.12. The molecule has 19 heavy (non-hydrogen) atoms. The number of nitrogens with one attached hydrogen (secondary N) is 1. The molecule has 1 aliphatic carbocycles. The topological polar surface area (TPSA) is 64.3 Å². The van der Waals surface area contributed by atoms with Gasteiger partial charge >= 0.3 is 0 Å². The lowest BCUT2D eigenvalue weighted by Gasteiger charge is -2.17. The van der Waals surface area contributed by atoms with Crippen molar-refractivity contribution in [3.05, 3.63) is 29.6 Å². The van der Waals surface area contributed by atoms with Crippen molar-refractivity contribution in [2.45, 2.75) is 18.9 Å². The van der Waals surface area contributed by atoms with Gasteiger partial charge in [0, 0.05) is 6.07 Å². The molecule has 3 N–H and O–H groups in total. The zero-order valence-corrected chi connectivity index (χ0v) is 11.3. The van der Waals surface area contributed by atoms with Gasteiger partial charge in [-0.25, -0.2) is 4.39 Å². The number of amides is 1. The number of carbonyl (C=O) groups is 1. The Morgan fingerprint density at radius 2 is 2.26 bits per heavy atom. The first kappa shape index (κ1) is 13.7. The molecule has 0 aromatic heterocycles. The van der Waals surface area contributed by atoms with Crippen molar-refractivity contribution in [3.8, 4) is 5.75 Å². The Labute approximate surface area is 116 Å². The van der Waals surface area contributed by atoms with Crippen LogP contribution in [0, 0.1) is 11.7 Å². The van der Waals surface area contributed by atoms with E-state index in [0.717, 1.165) is 12.8 Å². The highest BCUT2D eigenvalue weighted by molar-refractivity contribution is 7.80. The van der Waals surface area contributed by atoms with Crippen LogP contribution in [0.25, 0.3) is 0 Å². The third kappa shape index (κ3) is 3.20. The molecule has 1 fully saturated rings. The van der Waals surface area contributed by atoms with Crippen molar-refractivity contribution in [2.24, 2.45) is 11.7 Å². The van der Waals surface area contributed by atoms with Crippen LogP contribution in [0.5, 0.6) is 5.75 Å². The first-order valence-electron chi connectivity index (χ1n) is 5.96.